The Morgan fingerprint density at radius 3 is 1.69 bits per heavy atom. The van der Waals surface area contributed by atoms with Crippen molar-refractivity contribution in [2.45, 2.75) is 0 Å². The van der Waals surface area contributed by atoms with E-state index in [0.717, 1.165) is 39.2 Å². The summed E-state index contributed by atoms with van der Waals surface area (Å²) in [6.07, 6.45) is 0. The average molecular weight is 717 g/mol. The fourth-order valence-corrected chi connectivity index (χ4v) is 9.33. The van der Waals surface area contributed by atoms with Gasteiger partial charge in [-0.2, -0.15) is 0 Å². The van der Waals surface area contributed by atoms with Gasteiger partial charge in [-0.3, -0.25) is 0 Å². The topological polar surface area (TPSA) is 25.8 Å². The molecule has 0 aliphatic heterocycles. The second kappa shape index (κ2) is 12.9. The number of benzene rings is 9. The Hall–Kier alpha value is -6.94. The Balaban J connectivity index is 1.07. The third-order valence-corrected chi connectivity index (χ3v) is 12.0. The fourth-order valence-electron chi connectivity index (χ4n) is 8.19. The highest BCUT2D eigenvalue weighted by Gasteiger charge is 2.16. The maximum atomic E-state index is 5.23. The van der Waals surface area contributed by atoms with Gasteiger partial charge < -0.3 is 0 Å². The van der Waals surface area contributed by atoms with Crippen LogP contribution in [0.3, 0.4) is 0 Å². The number of fused-ring (bicyclic) bond motifs is 7. The van der Waals surface area contributed by atoms with Crippen LogP contribution in [0.4, 0.5) is 0 Å². The predicted octanol–water partition coefficient (Wildman–Crippen LogP) is 14.6. The summed E-state index contributed by atoms with van der Waals surface area (Å²) >= 11 is 1.85. The van der Waals surface area contributed by atoms with E-state index in [0.29, 0.717) is 5.82 Å². The Morgan fingerprint density at radius 2 is 0.873 bits per heavy atom. The minimum absolute atomic E-state index is 0.706. The number of nitrogens with zero attached hydrogens (tertiary/aromatic N) is 2. The molecule has 0 atom stereocenters. The van der Waals surface area contributed by atoms with E-state index in [9.17, 15) is 0 Å². The molecule has 2 aromatic heterocycles. The largest absolute Gasteiger partial charge is 0.228 e. The second-order valence-electron chi connectivity index (χ2n) is 14.2. The van der Waals surface area contributed by atoms with E-state index in [-0.39, 0.29) is 0 Å². The SMILES string of the molecule is c1ccc(-c2nc(-c3cccc(-c4ccc5c(c4)sc4ccccc45)c3)cc(-c3cccc(-c4c5ccccc5cc5c4ccc4ccccc45)c3)n2)cc1. The zero-order chi connectivity index (χ0) is 36.3. The van der Waals surface area contributed by atoms with Crippen LogP contribution < -0.4 is 0 Å². The van der Waals surface area contributed by atoms with Crippen molar-refractivity contribution < 1.29 is 0 Å². The third kappa shape index (κ3) is 5.48. The zero-order valence-corrected chi connectivity index (χ0v) is 30.6. The van der Waals surface area contributed by atoms with Crippen LogP contribution in [0.2, 0.25) is 0 Å². The van der Waals surface area contributed by atoms with Gasteiger partial charge in [0.25, 0.3) is 0 Å². The van der Waals surface area contributed by atoms with Crippen molar-refractivity contribution >= 4 is 63.8 Å². The normalized spacial score (nSPS) is 11.6. The van der Waals surface area contributed by atoms with Crippen LogP contribution in [0.5, 0.6) is 0 Å². The number of hydrogen-bond acceptors (Lipinski definition) is 3. The number of hydrogen-bond donors (Lipinski definition) is 0. The average Bonchev–Trinajstić information content (AvgIpc) is 3.64. The van der Waals surface area contributed by atoms with Crippen molar-refractivity contribution in [3.05, 3.63) is 194 Å². The highest BCUT2D eigenvalue weighted by Crippen LogP contribution is 2.41. The van der Waals surface area contributed by atoms with Gasteiger partial charge in [-0.25, -0.2) is 9.97 Å². The van der Waals surface area contributed by atoms with Crippen molar-refractivity contribution in [3.8, 4) is 56.2 Å². The summed E-state index contributed by atoms with van der Waals surface area (Å²) < 4.78 is 2.61. The van der Waals surface area contributed by atoms with Crippen molar-refractivity contribution in [1.29, 1.82) is 0 Å². The summed E-state index contributed by atoms with van der Waals surface area (Å²) in [6.45, 7) is 0. The molecule has 0 fully saturated rings. The number of aromatic nitrogens is 2. The third-order valence-electron chi connectivity index (χ3n) is 10.8. The molecule has 11 aromatic rings. The Morgan fingerprint density at radius 1 is 0.291 bits per heavy atom. The maximum Gasteiger partial charge on any atom is 0.160 e. The quantitative estimate of drug-likeness (QED) is 0.131. The molecule has 0 aliphatic rings. The van der Waals surface area contributed by atoms with Crippen LogP contribution in [0.1, 0.15) is 0 Å². The molecule has 9 aromatic carbocycles. The molecule has 0 saturated carbocycles. The summed E-state index contributed by atoms with van der Waals surface area (Å²) in [7, 11) is 0. The van der Waals surface area contributed by atoms with Gasteiger partial charge in [0.2, 0.25) is 0 Å². The van der Waals surface area contributed by atoms with Crippen LogP contribution in [0, 0.1) is 0 Å². The highest BCUT2D eigenvalue weighted by molar-refractivity contribution is 7.25. The van der Waals surface area contributed by atoms with Crippen molar-refractivity contribution in [2.24, 2.45) is 0 Å². The number of rotatable bonds is 5. The molecule has 11 rings (SSSR count). The molecule has 0 amide bonds. The molecule has 0 N–H and O–H groups in total. The van der Waals surface area contributed by atoms with E-state index in [1.807, 2.05) is 29.5 Å². The lowest BCUT2D eigenvalue weighted by Gasteiger charge is -2.15. The molecular formula is C52H32N2S. The Bertz CT molecular complexity index is 3270. The number of thiophene rings is 1. The summed E-state index contributed by atoms with van der Waals surface area (Å²) in [5, 5.41) is 10.1. The van der Waals surface area contributed by atoms with E-state index in [2.05, 4.69) is 176 Å². The molecule has 3 heteroatoms. The molecule has 0 bridgehead atoms. The molecular weight excluding hydrogens is 685 g/mol. The first kappa shape index (κ1) is 31.6. The lowest BCUT2D eigenvalue weighted by Crippen LogP contribution is -1.96. The highest BCUT2D eigenvalue weighted by atomic mass is 32.1. The van der Waals surface area contributed by atoms with Crippen molar-refractivity contribution in [3.63, 3.8) is 0 Å². The predicted molar refractivity (Wildman–Crippen MR) is 235 cm³/mol. The lowest BCUT2D eigenvalue weighted by molar-refractivity contribution is 1.18. The monoisotopic (exact) mass is 716 g/mol. The Labute approximate surface area is 322 Å². The minimum Gasteiger partial charge on any atom is -0.228 e. The molecule has 2 nitrogen and oxygen atoms in total. The molecule has 0 saturated heterocycles. The standard InChI is InChI=1S/C52H32N2S/c1-2-13-34(14-3-1)52-53-47(38-17-10-16-35(28-38)36-25-26-44-43-22-8-9-23-49(43)55-50(44)31-36)32-48(54-52)39-18-11-19-40(29-39)51-42-21-7-5-15-37(42)30-46-41-20-6-4-12-33(41)24-27-45(46)51/h1-32H. The summed E-state index contributed by atoms with van der Waals surface area (Å²) in [5.74, 6) is 0.706. The van der Waals surface area contributed by atoms with E-state index >= 15 is 0 Å². The smallest absolute Gasteiger partial charge is 0.160 e. The van der Waals surface area contributed by atoms with Gasteiger partial charge in [-0.05, 0) is 91.0 Å². The van der Waals surface area contributed by atoms with Crippen molar-refractivity contribution in [2.75, 3.05) is 0 Å². The second-order valence-corrected chi connectivity index (χ2v) is 15.2. The van der Waals surface area contributed by atoms with Gasteiger partial charge in [0, 0.05) is 36.9 Å². The van der Waals surface area contributed by atoms with Crippen LogP contribution in [0.25, 0.3) is 109 Å². The van der Waals surface area contributed by atoms with Crippen LogP contribution in [0.15, 0.2) is 194 Å². The van der Waals surface area contributed by atoms with Gasteiger partial charge in [-0.1, -0.05) is 158 Å². The fraction of sp³-hybridized carbons (Fsp3) is 0. The molecule has 0 unspecified atom stereocenters. The van der Waals surface area contributed by atoms with E-state index < -0.39 is 0 Å². The maximum absolute atomic E-state index is 5.23. The first-order valence-electron chi connectivity index (χ1n) is 18.6. The molecule has 2 heterocycles. The van der Waals surface area contributed by atoms with E-state index in [1.165, 1.54) is 63.6 Å². The molecule has 256 valence electrons. The summed E-state index contributed by atoms with van der Waals surface area (Å²) in [5.41, 5.74) is 9.62. The summed E-state index contributed by atoms with van der Waals surface area (Å²) in [6, 6.07) is 69.8. The van der Waals surface area contributed by atoms with Gasteiger partial charge >= 0.3 is 0 Å². The van der Waals surface area contributed by atoms with Gasteiger partial charge in [0.05, 0.1) is 11.4 Å². The first-order valence-corrected chi connectivity index (χ1v) is 19.5. The van der Waals surface area contributed by atoms with E-state index in [1.54, 1.807) is 0 Å². The lowest BCUT2D eigenvalue weighted by atomic mass is 9.89. The molecule has 55 heavy (non-hydrogen) atoms. The van der Waals surface area contributed by atoms with Crippen molar-refractivity contribution in [1.82, 2.24) is 9.97 Å². The van der Waals surface area contributed by atoms with Crippen LogP contribution in [-0.2, 0) is 0 Å². The van der Waals surface area contributed by atoms with Crippen LogP contribution >= 0.6 is 11.3 Å². The molecule has 0 aliphatic carbocycles. The van der Waals surface area contributed by atoms with E-state index in [4.69, 9.17) is 9.97 Å². The first-order chi connectivity index (χ1) is 27.2. The van der Waals surface area contributed by atoms with Gasteiger partial charge in [-0.15, -0.1) is 11.3 Å². The summed E-state index contributed by atoms with van der Waals surface area (Å²) in [4.78, 5) is 10.4. The Kier molecular flexibility index (Phi) is 7.39. The van der Waals surface area contributed by atoms with Gasteiger partial charge in [0.15, 0.2) is 5.82 Å². The molecule has 0 spiro atoms. The van der Waals surface area contributed by atoms with Crippen LogP contribution in [-0.4, -0.2) is 9.97 Å². The minimum atomic E-state index is 0.706. The van der Waals surface area contributed by atoms with Gasteiger partial charge in [0.1, 0.15) is 0 Å². The molecule has 0 radical (unpaired) electrons. The zero-order valence-electron chi connectivity index (χ0n) is 29.8.